The molecule has 0 aromatic carbocycles. The highest BCUT2D eigenvalue weighted by molar-refractivity contribution is 7.18. The molecule has 3 rings (SSSR count). The highest BCUT2D eigenvalue weighted by Crippen LogP contribution is 2.35. The van der Waals surface area contributed by atoms with Gasteiger partial charge in [-0.1, -0.05) is 6.92 Å². The van der Waals surface area contributed by atoms with Gasteiger partial charge in [0, 0.05) is 31.0 Å². The second-order valence-corrected chi connectivity index (χ2v) is 6.68. The summed E-state index contributed by atoms with van der Waals surface area (Å²) < 4.78 is 5.47. The van der Waals surface area contributed by atoms with Gasteiger partial charge in [0.25, 0.3) is 0 Å². The van der Waals surface area contributed by atoms with Gasteiger partial charge < -0.3 is 9.64 Å². The van der Waals surface area contributed by atoms with Gasteiger partial charge in [0.05, 0.1) is 12.0 Å². The topological polar surface area (TPSA) is 38.2 Å². The molecule has 0 radical (unpaired) electrons. The lowest BCUT2D eigenvalue weighted by molar-refractivity contribution is 0.186. The zero-order chi connectivity index (χ0) is 14.1. The molecule has 2 aromatic heterocycles. The minimum Gasteiger partial charge on any atom is -0.381 e. The summed E-state index contributed by atoms with van der Waals surface area (Å²) in [6, 6.07) is 0. The van der Waals surface area contributed by atoms with Crippen molar-refractivity contribution in [3.05, 3.63) is 16.8 Å². The standard InChI is InChI=1S/C15H21N3OS/c1-4-12-10(2)20-15-13(12)14(16-9-17-15)18(3)7-11-5-6-19-8-11/h9,11H,4-8H2,1-3H3/t11-/m0/s1. The van der Waals surface area contributed by atoms with E-state index < -0.39 is 0 Å². The van der Waals surface area contributed by atoms with Crippen LogP contribution in [-0.2, 0) is 11.2 Å². The van der Waals surface area contributed by atoms with Crippen molar-refractivity contribution in [2.45, 2.75) is 26.7 Å². The number of hydrogen-bond acceptors (Lipinski definition) is 5. The number of fused-ring (bicyclic) bond motifs is 1. The van der Waals surface area contributed by atoms with Gasteiger partial charge in [-0.2, -0.15) is 0 Å². The molecule has 0 amide bonds. The van der Waals surface area contributed by atoms with Crippen molar-refractivity contribution in [3.63, 3.8) is 0 Å². The van der Waals surface area contributed by atoms with Crippen LogP contribution in [0.5, 0.6) is 0 Å². The van der Waals surface area contributed by atoms with Crippen LogP contribution in [0.3, 0.4) is 0 Å². The third-order valence-electron chi connectivity index (χ3n) is 4.04. The van der Waals surface area contributed by atoms with Crippen molar-refractivity contribution in [1.29, 1.82) is 0 Å². The Labute approximate surface area is 123 Å². The van der Waals surface area contributed by atoms with Crippen molar-refractivity contribution in [2.75, 3.05) is 31.7 Å². The highest BCUT2D eigenvalue weighted by atomic mass is 32.1. The van der Waals surface area contributed by atoms with Gasteiger partial charge in [-0.05, 0) is 25.3 Å². The van der Waals surface area contributed by atoms with E-state index in [9.17, 15) is 0 Å². The van der Waals surface area contributed by atoms with E-state index in [0.29, 0.717) is 5.92 Å². The molecule has 0 bridgehead atoms. The molecule has 20 heavy (non-hydrogen) atoms. The van der Waals surface area contributed by atoms with Gasteiger partial charge in [0.1, 0.15) is 17.0 Å². The number of rotatable bonds is 4. The van der Waals surface area contributed by atoms with E-state index in [4.69, 9.17) is 4.74 Å². The fourth-order valence-corrected chi connectivity index (χ4v) is 4.08. The molecule has 0 unspecified atom stereocenters. The van der Waals surface area contributed by atoms with E-state index >= 15 is 0 Å². The zero-order valence-corrected chi connectivity index (χ0v) is 13.2. The lowest BCUT2D eigenvalue weighted by Gasteiger charge is -2.22. The average Bonchev–Trinajstić information content (AvgIpc) is 3.04. The van der Waals surface area contributed by atoms with Crippen LogP contribution in [0.4, 0.5) is 5.82 Å². The number of aromatic nitrogens is 2. The van der Waals surface area contributed by atoms with E-state index in [-0.39, 0.29) is 0 Å². The molecule has 1 saturated heterocycles. The largest absolute Gasteiger partial charge is 0.381 e. The van der Waals surface area contributed by atoms with Crippen molar-refractivity contribution >= 4 is 27.4 Å². The summed E-state index contributed by atoms with van der Waals surface area (Å²) in [5.74, 6) is 1.69. The van der Waals surface area contributed by atoms with Crippen LogP contribution in [0.15, 0.2) is 6.33 Å². The Kier molecular flexibility index (Phi) is 3.89. The molecular weight excluding hydrogens is 270 g/mol. The van der Waals surface area contributed by atoms with Crippen LogP contribution in [0, 0.1) is 12.8 Å². The van der Waals surface area contributed by atoms with Crippen LogP contribution in [0.1, 0.15) is 23.8 Å². The first-order valence-corrected chi connectivity index (χ1v) is 8.04. The van der Waals surface area contributed by atoms with Gasteiger partial charge in [0.15, 0.2) is 0 Å². The lowest BCUT2D eigenvalue weighted by atomic mass is 10.1. The van der Waals surface area contributed by atoms with Gasteiger partial charge in [-0.3, -0.25) is 0 Å². The minimum absolute atomic E-state index is 0.620. The minimum atomic E-state index is 0.620. The Bertz CT molecular complexity index is 604. The molecule has 5 heteroatoms. The van der Waals surface area contributed by atoms with Crippen LogP contribution in [-0.4, -0.2) is 36.8 Å². The van der Waals surface area contributed by atoms with E-state index in [1.165, 1.54) is 15.8 Å². The Balaban J connectivity index is 1.97. The Hall–Kier alpha value is -1.20. The van der Waals surface area contributed by atoms with E-state index in [1.807, 2.05) is 0 Å². The van der Waals surface area contributed by atoms with Gasteiger partial charge >= 0.3 is 0 Å². The Morgan fingerprint density at radius 1 is 1.45 bits per heavy atom. The number of hydrogen-bond donors (Lipinski definition) is 0. The summed E-state index contributed by atoms with van der Waals surface area (Å²) in [6.07, 6.45) is 3.88. The summed E-state index contributed by atoms with van der Waals surface area (Å²) >= 11 is 1.78. The highest BCUT2D eigenvalue weighted by Gasteiger charge is 2.21. The van der Waals surface area contributed by atoms with Gasteiger partial charge in [-0.15, -0.1) is 11.3 Å². The number of aryl methyl sites for hydroxylation is 2. The third kappa shape index (κ3) is 2.40. The van der Waals surface area contributed by atoms with Crippen LogP contribution >= 0.6 is 11.3 Å². The summed E-state index contributed by atoms with van der Waals surface area (Å²) in [5, 5.41) is 1.25. The summed E-state index contributed by atoms with van der Waals surface area (Å²) in [4.78, 5) is 13.7. The molecule has 0 saturated carbocycles. The molecule has 1 aliphatic rings. The molecule has 4 nitrogen and oxygen atoms in total. The maximum atomic E-state index is 5.47. The fraction of sp³-hybridized carbons (Fsp3) is 0.600. The first kappa shape index (κ1) is 13.8. The lowest BCUT2D eigenvalue weighted by Crippen LogP contribution is -2.26. The van der Waals surface area contributed by atoms with Crippen molar-refractivity contribution in [3.8, 4) is 0 Å². The maximum Gasteiger partial charge on any atom is 0.140 e. The average molecular weight is 291 g/mol. The first-order valence-electron chi connectivity index (χ1n) is 7.22. The maximum absolute atomic E-state index is 5.47. The molecule has 108 valence electrons. The third-order valence-corrected chi connectivity index (χ3v) is 5.10. The SMILES string of the molecule is CCc1c(C)sc2ncnc(N(C)C[C@@H]3CCOC3)c12. The monoisotopic (exact) mass is 291 g/mol. The summed E-state index contributed by atoms with van der Waals surface area (Å²) in [6.45, 7) is 7.16. The van der Waals surface area contributed by atoms with Crippen molar-refractivity contribution in [1.82, 2.24) is 9.97 Å². The van der Waals surface area contributed by atoms with Crippen LogP contribution in [0.25, 0.3) is 10.2 Å². The quantitative estimate of drug-likeness (QED) is 0.868. The second kappa shape index (κ2) is 5.66. The predicted molar refractivity (Wildman–Crippen MR) is 83.7 cm³/mol. The van der Waals surface area contributed by atoms with Crippen LogP contribution < -0.4 is 4.90 Å². The smallest absolute Gasteiger partial charge is 0.140 e. The Morgan fingerprint density at radius 3 is 3.00 bits per heavy atom. The normalized spacial score (nSPS) is 18.9. The van der Waals surface area contributed by atoms with Crippen molar-refractivity contribution < 1.29 is 4.74 Å². The number of ether oxygens (including phenoxy) is 1. The molecule has 1 fully saturated rings. The van der Waals surface area contributed by atoms with Gasteiger partial charge in [0.2, 0.25) is 0 Å². The van der Waals surface area contributed by atoms with E-state index in [0.717, 1.165) is 43.2 Å². The Morgan fingerprint density at radius 2 is 2.30 bits per heavy atom. The predicted octanol–water partition coefficient (Wildman–Crippen LogP) is 3.03. The fourth-order valence-electron chi connectivity index (χ4n) is 3.00. The van der Waals surface area contributed by atoms with E-state index in [1.54, 1.807) is 17.7 Å². The second-order valence-electron chi connectivity index (χ2n) is 5.48. The summed E-state index contributed by atoms with van der Waals surface area (Å²) in [7, 11) is 2.13. The number of nitrogens with zero attached hydrogens (tertiary/aromatic N) is 3. The molecule has 0 spiro atoms. The molecular formula is C15H21N3OS. The molecule has 0 aliphatic carbocycles. The number of thiophene rings is 1. The zero-order valence-electron chi connectivity index (χ0n) is 12.3. The molecule has 1 atom stereocenters. The van der Waals surface area contributed by atoms with Crippen molar-refractivity contribution in [2.24, 2.45) is 5.92 Å². The number of anilines is 1. The van der Waals surface area contributed by atoms with Crippen LogP contribution in [0.2, 0.25) is 0 Å². The first-order chi connectivity index (χ1) is 9.70. The summed E-state index contributed by atoms with van der Waals surface area (Å²) in [5.41, 5.74) is 1.40. The molecule has 0 N–H and O–H groups in total. The molecule has 1 aliphatic heterocycles. The van der Waals surface area contributed by atoms with E-state index in [2.05, 4.69) is 35.8 Å². The van der Waals surface area contributed by atoms with Gasteiger partial charge in [-0.25, -0.2) is 9.97 Å². The molecule has 2 aromatic rings. The molecule has 3 heterocycles.